The first kappa shape index (κ1) is 21.5. The van der Waals surface area contributed by atoms with Gasteiger partial charge in [-0.3, -0.25) is 9.59 Å². The van der Waals surface area contributed by atoms with Gasteiger partial charge in [-0.25, -0.2) is 14.6 Å². The molecule has 2 atom stereocenters. The molecule has 2 N–H and O–H groups in total. The van der Waals surface area contributed by atoms with Crippen LogP contribution < -0.4 is 16.2 Å². The maximum Gasteiger partial charge on any atom is 0.260 e. The molecule has 1 amide bonds. The highest BCUT2D eigenvalue weighted by Crippen LogP contribution is 2.39. The van der Waals surface area contributed by atoms with Gasteiger partial charge in [-0.1, -0.05) is 6.92 Å². The predicted molar refractivity (Wildman–Crippen MR) is 128 cm³/mol. The maximum atomic E-state index is 12.6. The first-order valence-electron chi connectivity index (χ1n) is 10.6. The number of rotatable bonds is 4. The molecule has 3 aromatic heterocycles. The van der Waals surface area contributed by atoms with E-state index in [0.29, 0.717) is 39.2 Å². The molecule has 3 heterocycles. The zero-order valence-corrected chi connectivity index (χ0v) is 20.0. The normalized spacial score (nSPS) is 20.4. The third-order valence-electron chi connectivity index (χ3n) is 6.37. The van der Waals surface area contributed by atoms with E-state index in [0.717, 1.165) is 18.2 Å². The van der Waals surface area contributed by atoms with Crippen molar-refractivity contribution in [3.63, 3.8) is 0 Å². The van der Waals surface area contributed by atoms with Crippen molar-refractivity contribution in [2.75, 3.05) is 12.4 Å². The SMILES string of the molecule is CNC(=O)[C@]1(C)CC[C@@H](Nc2ncc3c(Br)nn(-c4ccc5ncn(C)c(=O)c5c4)c3n2)C1. The summed E-state index contributed by atoms with van der Waals surface area (Å²) in [6.07, 6.45) is 5.59. The minimum Gasteiger partial charge on any atom is -0.359 e. The molecular weight excluding hydrogens is 488 g/mol. The predicted octanol–water partition coefficient (Wildman–Crippen LogP) is 2.54. The van der Waals surface area contributed by atoms with Crippen LogP contribution >= 0.6 is 15.9 Å². The van der Waals surface area contributed by atoms with E-state index in [1.807, 2.05) is 13.0 Å². The van der Waals surface area contributed by atoms with E-state index in [1.54, 1.807) is 37.1 Å². The highest BCUT2D eigenvalue weighted by Gasteiger charge is 2.40. The van der Waals surface area contributed by atoms with Crippen molar-refractivity contribution in [1.82, 2.24) is 34.6 Å². The summed E-state index contributed by atoms with van der Waals surface area (Å²) in [4.78, 5) is 38.3. The molecule has 10 nitrogen and oxygen atoms in total. The number of fused-ring (bicyclic) bond motifs is 2. The molecule has 0 radical (unpaired) electrons. The fourth-order valence-corrected chi connectivity index (χ4v) is 4.94. The second-order valence-electron chi connectivity index (χ2n) is 8.72. The molecular formula is C22H23BrN8O2. The Kier molecular flexibility index (Phi) is 5.15. The summed E-state index contributed by atoms with van der Waals surface area (Å²) in [5.74, 6) is 0.530. The number of halogens is 1. The van der Waals surface area contributed by atoms with Crippen molar-refractivity contribution in [1.29, 1.82) is 0 Å². The van der Waals surface area contributed by atoms with Gasteiger partial charge in [-0.2, -0.15) is 10.1 Å². The minimum atomic E-state index is -0.396. The number of aryl methyl sites for hydroxylation is 1. The van der Waals surface area contributed by atoms with Crippen molar-refractivity contribution in [3.05, 3.63) is 45.7 Å². The monoisotopic (exact) mass is 510 g/mol. The number of benzene rings is 1. The molecule has 1 aliphatic rings. The average Bonchev–Trinajstić information content (AvgIpc) is 3.36. The Labute approximate surface area is 197 Å². The van der Waals surface area contributed by atoms with E-state index in [-0.39, 0.29) is 17.5 Å². The lowest BCUT2D eigenvalue weighted by Gasteiger charge is -2.22. The minimum absolute atomic E-state index is 0.0575. The smallest absolute Gasteiger partial charge is 0.260 e. The number of hydrogen-bond acceptors (Lipinski definition) is 7. The van der Waals surface area contributed by atoms with Crippen LogP contribution in [0.25, 0.3) is 27.6 Å². The van der Waals surface area contributed by atoms with Crippen LogP contribution in [0.3, 0.4) is 0 Å². The van der Waals surface area contributed by atoms with Gasteiger partial charge in [0.2, 0.25) is 11.9 Å². The Morgan fingerprint density at radius 3 is 2.88 bits per heavy atom. The number of aromatic nitrogens is 6. The van der Waals surface area contributed by atoms with E-state index in [1.165, 1.54) is 10.9 Å². The molecule has 0 aliphatic heterocycles. The first-order chi connectivity index (χ1) is 15.8. The Morgan fingerprint density at radius 1 is 1.27 bits per heavy atom. The summed E-state index contributed by atoms with van der Waals surface area (Å²) in [6.45, 7) is 1.99. The molecule has 4 aromatic rings. The zero-order chi connectivity index (χ0) is 23.3. The average molecular weight is 511 g/mol. The van der Waals surface area contributed by atoms with Crippen LogP contribution in [0.5, 0.6) is 0 Å². The van der Waals surface area contributed by atoms with Gasteiger partial charge < -0.3 is 15.2 Å². The molecule has 0 unspecified atom stereocenters. The van der Waals surface area contributed by atoms with Crippen molar-refractivity contribution < 1.29 is 4.79 Å². The fraction of sp³-hybridized carbons (Fsp3) is 0.364. The van der Waals surface area contributed by atoms with Crippen LogP contribution in [-0.4, -0.2) is 48.3 Å². The highest BCUT2D eigenvalue weighted by molar-refractivity contribution is 9.10. The van der Waals surface area contributed by atoms with Gasteiger partial charge in [-0.15, -0.1) is 0 Å². The summed E-state index contributed by atoms with van der Waals surface area (Å²) in [5.41, 5.74) is 1.39. The third-order valence-corrected chi connectivity index (χ3v) is 6.96. The molecule has 33 heavy (non-hydrogen) atoms. The molecule has 0 saturated heterocycles. The van der Waals surface area contributed by atoms with Gasteiger partial charge in [0.25, 0.3) is 5.56 Å². The molecule has 1 aliphatic carbocycles. The molecule has 0 spiro atoms. The van der Waals surface area contributed by atoms with E-state index in [4.69, 9.17) is 4.98 Å². The number of nitrogens with one attached hydrogen (secondary N) is 2. The number of amides is 1. The molecule has 0 bridgehead atoms. The van der Waals surface area contributed by atoms with Gasteiger partial charge in [0.15, 0.2) is 5.65 Å². The van der Waals surface area contributed by atoms with Crippen LogP contribution in [-0.2, 0) is 11.8 Å². The molecule has 170 valence electrons. The number of anilines is 1. The van der Waals surface area contributed by atoms with Gasteiger partial charge in [0.1, 0.15) is 4.60 Å². The summed E-state index contributed by atoms with van der Waals surface area (Å²) < 4.78 is 3.74. The van der Waals surface area contributed by atoms with Crippen molar-refractivity contribution in [2.45, 2.75) is 32.2 Å². The Bertz CT molecular complexity index is 1460. The van der Waals surface area contributed by atoms with Gasteiger partial charge in [0.05, 0.1) is 28.3 Å². The van der Waals surface area contributed by atoms with Crippen LogP contribution in [0.2, 0.25) is 0 Å². The molecule has 1 fully saturated rings. The largest absolute Gasteiger partial charge is 0.359 e. The Balaban J connectivity index is 1.51. The van der Waals surface area contributed by atoms with E-state index in [9.17, 15) is 9.59 Å². The summed E-state index contributed by atoms with van der Waals surface area (Å²) in [5, 5.41) is 12.0. The second-order valence-corrected chi connectivity index (χ2v) is 9.47. The molecule has 11 heteroatoms. The standard InChI is InChI=1S/C22H23BrN8O2/c1-22(20(33)24-2)7-6-12(9-22)27-21-25-10-15-17(23)29-31(18(15)28-21)13-4-5-16-14(8-13)19(32)30(3)11-26-16/h4-5,8,10-12H,6-7,9H2,1-3H3,(H,24,33)(H,25,27,28)/t12-,22-/m1/s1. The van der Waals surface area contributed by atoms with Gasteiger partial charge in [0, 0.05) is 31.7 Å². The molecule has 1 saturated carbocycles. The van der Waals surface area contributed by atoms with E-state index >= 15 is 0 Å². The molecule has 1 aromatic carbocycles. The van der Waals surface area contributed by atoms with Crippen LogP contribution in [0.1, 0.15) is 26.2 Å². The first-order valence-corrected chi connectivity index (χ1v) is 11.4. The number of nitrogens with zero attached hydrogens (tertiary/aromatic N) is 6. The Hall–Kier alpha value is -3.34. The fourth-order valence-electron chi connectivity index (χ4n) is 4.50. The van der Waals surface area contributed by atoms with Crippen LogP contribution in [0.4, 0.5) is 5.95 Å². The lowest BCUT2D eigenvalue weighted by Crippen LogP contribution is -2.35. The van der Waals surface area contributed by atoms with E-state index in [2.05, 4.69) is 41.6 Å². The topological polar surface area (TPSA) is 120 Å². The summed E-state index contributed by atoms with van der Waals surface area (Å²) >= 11 is 3.49. The number of carbonyl (C=O) groups is 1. The summed E-state index contributed by atoms with van der Waals surface area (Å²) in [7, 11) is 3.34. The van der Waals surface area contributed by atoms with Gasteiger partial charge in [-0.05, 0) is 53.4 Å². The number of hydrogen-bond donors (Lipinski definition) is 2. The van der Waals surface area contributed by atoms with Crippen molar-refractivity contribution in [2.24, 2.45) is 12.5 Å². The van der Waals surface area contributed by atoms with Crippen molar-refractivity contribution in [3.8, 4) is 5.69 Å². The third kappa shape index (κ3) is 3.65. The van der Waals surface area contributed by atoms with Crippen molar-refractivity contribution >= 4 is 49.7 Å². The second kappa shape index (κ2) is 7.91. The van der Waals surface area contributed by atoms with Crippen LogP contribution in [0, 0.1) is 5.41 Å². The highest BCUT2D eigenvalue weighted by atomic mass is 79.9. The maximum absolute atomic E-state index is 12.6. The lowest BCUT2D eigenvalue weighted by molar-refractivity contribution is -0.129. The Morgan fingerprint density at radius 2 is 2.09 bits per heavy atom. The molecule has 5 rings (SSSR count). The van der Waals surface area contributed by atoms with E-state index < -0.39 is 5.41 Å². The van der Waals surface area contributed by atoms with Crippen LogP contribution in [0.15, 0.2) is 40.1 Å². The lowest BCUT2D eigenvalue weighted by atomic mass is 9.87. The quantitative estimate of drug-likeness (QED) is 0.432. The number of carbonyl (C=O) groups excluding carboxylic acids is 1. The summed E-state index contributed by atoms with van der Waals surface area (Å²) in [6, 6.07) is 5.52. The zero-order valence-electron chi connectivity index (χ0n) is 18.5. The van der Waals surface area contributed by atoms with Gasteiger partial charge >= 0.3 is 0 Å².